The molecule has 1 aliphatic rings. The van der Waals surface area contributed by atoms with E-state index in [-0.39, 0.29) is 29.8 Å². The minimum absolute atomic E-state index is 0. The van der Waals surface area contributed by atoms with Gasteiger partial charge >= 0.3 is 6.18 Å². The molecule has 2 rings (SSSR count). The lowest BCUT2D eigenvalue weighted by Gasteiger charge is -2.22. The molecule has 132 valence electrons. The maximum Gasteiger partial charge on any atom is 0.433 e. The van der Waals surface area contributed by atoms with Crippen LogP contribution in [0.15, 0.2) is 23.2 Å². The van der Waals surface area contributed by atoms with Gasteiger partial charge in [-0.15, -0.1) is 12.4 Å². The molecule has 0 aliphatic heterocycles. The van der Waals surface area contributed by atoms with Crippen molar-refractivity contribution in [3.05, 3.63) is 24.0 Å². The third kappa shape index (κ3) is 5.03. The normalized spacial score (nSPS) is 17.7. The van der Waals surface area contributed by atoms with Gasteiger partial charge in [0.05, 0.1) is 0 Å². The summed E-state index contributed by atoms with van der Waals surface area (Å²) in [4.78, 5) is 2.88. The predicted molar refractivity (Wildman–Crippen MR) is 81.6 cm³/mol. The molecule has 5 nitrogen and oxygen atoms in total. The van der Waals surface area contributed by atoms with E-state index in [0.29, 0.717) is 12.3 Å². The summed E-state index contributed by atoms with van der Waals surface area (Å²) >= 11 is 0. The van der Waals surface area contributed by atoms with Crippen LogP contribution in [0.4, 0.5) is 13.2 Å². The SMILES string of the molecule is Cl.NCC(NS(=O)(=O)c1ccc(C(F)(F)F)nc1)C1CCCC1. The van der Waals surface area contributed by atoms with Gasteiger partial charge in [-0.1, -0.05) is 12.8 Å². The molecule has 10 heteroatoms. The molecule has 1 aromatic heterocycles. The van der Waals surface area contributed by atoms with Crippen molar-refractivity contribution in [2.24, 2.45) is 11.7 Å². The molecule has 1 aliphatic carbocycles. The van der Waals surface area contributed by atoms with Crippen molar-refractivity contribution >= 4 is 22.4 Å². The largest absolute Gasteiger partial charge is 0.433 e. The first kappa shape index (κ1) is 20.1. The van der Waals surface area contributed by atoms with E-state index in [1.165, 1.54) is 0 Å². The Bertz CT molecular complexity index is 602. The van der Waals surface area contributed by atoms with Gasteiger partial charge in [-0.25, -0.2) is 13.1 Å². The average Bonchev–Trinajstić information content (AvgIpc) is 2.98. The fraction of sp³-hybridized carbons (Fsp3) is 0.615. The van der Waals surface area contributed by atoms with Crippen LogP contribution in [-0.2, 0) is 16.2 Å². The standard InChI is InChI=1S/C13H18F3N3O2S.ClH/c14-13(15,16)12-6-5-10(8-18-12)22(20,21)19-11(7-17)9-3-1-2-4-9;/h5-6,8-9,11,19H,1-4,7,17H2;1H. The van der Waals surface area contributed by atoms with Gasteiger partial charge in [0.2, 0.25) is 10.0 Å². The highest BCUT2D eigenvalue weighted by molar-refractivity contribution is 7.89. The van der Waals surface area contributed by atoms with Crippen LogP contribution in [0.2, 0.25) is 0 Å². The number of nitrogens with zero attached hydrogens (tertiary/aromatic N) is 1. The molecule has 0 radical (unpaired) electrons. The van der Waals surface area contributed by atoms with E-state index in [9.17, 15) is 21.6 Å². The summed E-state index contributed by atoms with van der Waals surface area (Å²) < 4.78 is 64.3. The van der Waals surface area contributed by atoms with Gasteiger partial charge in [0.1, 0.15) is 10.6 Å². The Balaban J connectivity index is 0.00000264. The molecule has 1 unspecified atom stereocenters. The number of pyridine rings is 1. The minimum Gasteiger partial charge on any atom is -0.329 e. The summed E-state index contributed by atoms with van der Waals surface area (Å²) in [7, 11) is -3.93. The van der Waals surface area contributed by atoms with E-state index >= 15 is 0 Å². The molecule has 0 bridgehead atoms. The third-order valence-electron chi connectivity index (χ3n) is 3.87. The zero-order valence-corrected chi connectivity index (χ0v) is 13.8. The van der Waals surface area contributed by atoms with Crippen LogP contribution in [-0.4, -0.2) is 26.0 Å². The highest BCUT2D eigenvalue weighted by atomic mass is 35.5. The van der Waals surface area contributed by atoms with Crippen molar-refractivity contribution in [2.45, 2.75) is 42.8 Å². The maximum absolute atomic E-state index is 12.4. The van der Waals surface area contributed by atoms with Crippen molar-refractivity contribution in [1.29, 1.82) is 0 Å². The second-order valence-corrected chi connectivity index (χ2v) is 7.10. The second kappa shape index (κ2) is 7.78. The number of nitrogens with one attached hydrogen (secondary N) is 1. The lowest BCUT2D eigenvalue weighted by Crippen LogP contribution is -2.44. The quantitative estimate of drug-likeness (QED) is 0.829. The van der Waals surface area contributed by atoms with Crippen LogP contribution in [0.25, 0.3) is 0 Å². The van der Waals surface area contributed by atoms with Crippen LogP contribution >= 0.6 is 12.4 Å². The Morgan fingerprint density at radius 2 is 1.91 bits per heavy atom. The Morgan fingerprint density at radius 3 is 2.35 bits per heavy atom. The Hall–Kier alpha value is -0.900. The number of nitrogens with two attached hydrogens (primary N) is 1. The summed E-state index contributed by atoms with van der Waals surface area (Å²) in [5.41, 5.74) is 4.50. The van der Waals surface area contributed by atoms with Crippen LogP contribution in [0.1, 0.15) is 31.4 Å². The molecule has 1 fully saturated rings. The number of sulfonamides is 1. The van der Waals surface area contributed by atoms with E-state index in [1.54, 1.807) is 0 Å². The molecule has 1 heterocycles. The fourth-order valence-corrected chi connectivity index (χ4v) is 3.93. The van der Waals surface area contributed by atoms with Gasteiger partial charge in [0.25, 0.3) is 0 Å². The van der Waals surface area contributed by atoms with Gasteiger partial charge in [0, 0.05) is 18.8 Å². The summed E-state index contributed by atoms with van der Waals surface area (Å²) in [5, 5.41) is 0. The zero-order valence-electron chi connectivity index (χ0n) is 12.2. The highest BCUT2D eigenvalue weighted by Gasteiger charge is 2.33. The number of halogens is 4. The first-order valence-corrected chi connectivity index (χ1v) is 8.48. The molecule has 0 saturated heterocycles. The Kier molecular flexibility index (Phi) is 6.81. The predicted octanol–water partition coefficient (Wildman–Crippen LogP) is 2.32. The van der Waals surface area contributed by atoms with Gasteiger partial charge in [-0.3, -0.25) is 4.98 Å². The number of hydrogen-bond donors (Lipinski definition) is 2. The van der Waals surface area contributed by atoms with E-state index in [2.05, 4.69) is 9.71 Å². The average molecular weight is 374 g/mol. The van der Waals surface area contributed by atoms with E-state index in [1.807, 2.05) is 0 Å². The van der Waals surface area contributed by atoms with Crippen LogP contribution < -0.4 is 10.5 Å². The van der Waals surface area contributed by atoms with E-state index < -0.39 is 27.9 Å². The molecular formula is C13H19ClF3N3O2S. The Morgan fingerprint density at radius 1 is 1.30 bits per heavy atom. The maximum atomic E-state index is 12.4. The van der Waals surface area contributed by atoms with Crippen molar-refractivity contribution < 1.29 is 21.6 Å². The minimum atomic E-state index is -4.60. The molecular weight excluding hydrogens is 355 g/mol. The smallest absolute Gasteiger partial charge is 0.329 e. The fourth-order valence-electron chi connectivity index (χ4n) is 2.67. The molecule has 1 aromatic rings. The summed E-state index contributed by atoms with van der Waals surface area (Å²) in [6, 6.07) is 1.15. The topological polar surface area (TPSA) is 85.1 Å². The Labute approximate surface area is 139 Å². The number of rotatable bonds is 5. The summed E-state index contributed by atoms with van der Waals surface area (Å²) in [6.45, 7) is 0.151. The van der Waals surface area contributed by atoms with Gasteiger partial charge in [0.15, 0.2) is 0 Å². The molecule has 3 N–H and O–H groups in total. The molecule has 0 aromatic carbocycles. The molecule has 1 atom stereocenters. The first-order chi connectivity index (χ1) is 10.2. The lowest BCUT2D eigenvalue weighted by atomic mass is 9.99. The number of aromatic nitrogens is 1. The van der Waals surface area contributed by atoms with Gasteiger partial charge in [-0.05, 0) is 30.9 Å². The summed E-state index contributed by atoms with van der Waals surface area (Å²) in [6.07, 6.45) is -0.0203. The molecule has 0 amide bonds. The van der Waals surface area contributed by atoms with Crippen LogP contribution in [0.5, 0.6) is 0 Å². The van der Waals surface area contributed by atoms with Crippen molar-refractivity contribution in [3.63, 3.8) is 0 Å². The van der Waals surface area contributed by atoms with Gasteiger partial charge < -0.3 is 5.73 Å². The second-order valence-electron chi connectivity index (χ2n) is 5.38. The lowest BCUT2D eigenvalue weighted by molar-refractivity contribution is -0.141. The van der Waals surface area contributed by atoms with Crippen molar-refractivity contribution in [2.75, 3.05) is 6.54 Å². The third-order valence-corrected chi connectivity index (χ3v) is 5.34. The monoisotopic (exact) mass is 373 g/mol. The molecule has 0 spiro atoms. The van der Waals surface area contributed by atoms with Gasteiger partial charge in [-0.2, -0.15) is 13.2 Å². The van der Waals surface area contributed by atoms with Crippen molar-refractivity contribution in [1.82, 2.24) is 9.71 Å². The van der Waals surface area contributed by atoms with Crippen molar-refractivity contribution in [3.8, 4) is 0 Å². The van der Waals surface area contributed by atoms with Crippen LogP contribution in [0, 0.1) is 5.92 Å². The number of alkyl halides is 3. The highest BCUT2D eigenvalue weighted by Crippen LogP contribution is 2.29. The zero-order chi connectivity index (χ0) is 16.4. The number of hydrogen-bond acceptors (Lipinski definition) is 4. The molecule has 23 heavy (non-hydrogen) atoms. The molecule has 1 saturated carbocycles. The first-order valence-electron chi connectivity index (χ1n) is 6.99. The van der Waals surface area contributed by atoms with E-state index in [4.69, 9.17) is 5.73 Å². The van der Waals surface area contributed by atoms with E-state index in [0.717, 1.165) is 31.7 Å². The van der Waals surface area contributed by atoms with Crippen LogP contribution in [0.3, 0.4) is 0 Å². The summed E-state index contributed by atoms with van der Waals surface area (Å²) in [5.74, 6) is 0.169.